The van der Waals surface area contributed by atoms with Crippen LogP contribution in [0.25, 0.3) is 11.3 Å². The fourth-order valence-electron chi connectivity index (χ4n) is 6.40. The van der Waals surface area contributed by atoms with E-state index in [-0.39, 0.29) is 42.8 Å². The van der Waals surface area contributed by atoms with Gasteiger partial charge in [-0.1, -0.05) is 6.07 Å². The first-order chi connectivity index (χ1) is 25.4. The van der Waals surface area contributed by atoms with Crippen molar-refractivity contribution >= 4 is 24.4 Å². The summed E-state index contributed by atoms with van der Waals surface area (Å²) in [6.45, 7) is 9.33. The number of aromatic nitrogens is 6. The van der Waals surface area contributed by atoms with E-state index in [1.54, 1.807) is 20.8 Å². The Hall–Kier alpha value is -4.64. The van der Waals surface area contributed by atoms with E-state index in [0.717, 1.165) is 21.5 Å². The fraction of sp³-hybridized carbons (Fsp3) is 0.486. The number of nitrogens with zero attached hydrogens (tertiary/aromatic N) is 7. The minimum absolute atomic E-state index is 0.0423. The van der Waals surface area contributed by atoms with Crippen LogP contribution in [0.5, 0.6) is 0 Å². The van der Waals surface area contributed by atoms with Crippen LogP contribution in [0.3, 0.4) is 0 Å². The number of hydrogen-bond acceptors (Lipinski definition) is 8. The van der Waals surface area contributed by atoms with Crippen LogP contribution in [-0.4, -0.2) is 82.7 Å². The third kappa shape index (κ3) is 7.20. The molecule has 1 saturated heterocycles. The Morgan fingerprint density at radius 2 is 1.79 bits per heavy atom. The molecule has 2 aliphatic rings. The molecular formula is C35H41BF4N8O4. The summed E-state index contributed by atoms with van der Waals surface area (Å²) in [6, 6.07) is 2.20. The molecule has 276 valence electrons. The second-order valence-corrected chi connectivity index (χ2v) is 14.8. The van der Waals surface area contributed by atoms with E-state index in [9.17, 15) is 22.8 Å². The van der Waals surface area contributed by atoms with Crippen LogP contribution in [0, 0.1) is 12.7 Å². The van der Waals surface area contributed by atoms with Crippen LogP contribution in [0.15, 0.2) is 43.0 Å². The number of carbonyl (C=O) groups is 2. The van der Waals surface area contributed by atoms with Crippen LogP contribution < -0.4 is 10.8 Å². The number of hydrogen-bond donors (Lipinski definition) is 1. The Bertz CT molecular complexity index is 2100. The summed E-state index contributed by atoms with van der Waals surface area (Å²) in [4.78, 5) is 38.1. The Labute approximate surface area is 303 Å². The molecule has 5 heterocycles. The second-order valence-electron chi connectivity index (χ2n) is 14.8. The number of fused-ring (bicyclic) bond motifs is 1. The monoisotopic (exact) mass is 727 g/mol. The van der Waals surface area contributed by atoms with E-state index in [4.69, 9.17) is 13.4 Å². The lowest BCUT2D eigenvalue weighted by Crippen LogP contribution is -2.58. The molecule has 0 spiro atoms. The molecule has 52 heavy (non-hydrogen) atoms. The van der Waals surface area contributed by atoms with E-state index in [1.165, 1.54) is 35.8 Å². The van der Waals surface area contributed by atoms with Gasteiger partial charge in [-0.2, -0.15) is 23.4 Å². The van der Waals surface area contributed by atoms with Crippen molar-refractivity contribution < 1.29 is 40.6 Å². The van der Waals surface area contributed by atoms with Gasteiger partial charge in [-0.15, -0.1) is 0 Å². The van der Waals surface area contributed by atoms with Crippen molar-refractivity contribution in [2.45, 2.75) is 96.8 Å². The average Bonchev–Trinajstić information content (AvgIpc) is 3.76. The number of halogens is 4. The largest absolute Gasteiger partial charge is 0.495 e. The molecule has 4 aromatic rings. The van der Waals surface area contributed by atoms with Crippen LogP contribution in [0.4, 0.5) is 17.6 Å². The Kier molecular flexibility index (Phi) is 8.36. The van der Waals surface area contributed by atoms with Crippen LogP contribution in [0.2, 0.25) is 0 Å². The maximum atomic E-state index is 15.7. The van der Waals surface area contributed by atoms with Crippen LogP contribution in [-0.2, 0) is 46.6 Å². The van der Waals surface area contributed by atoms with Crippen molar-refractivity contribution in [3.63, 3.8) is 0 Å². The molecule has 0 radical (unpaired) electrons. The zero-order chi connectivity index (χ0) is 40.5. The predicted molar refractivity (Wildman–Crippen MR) is 183 cm³/mol. The van der Waals surface area contributed by atoms with Crippen molar-refractivity contribution in [2.24, 2.45) is 6.98 Å². The molecule has 2 amide bonds. The molecule has 12 nitrogen and oxygen atoms in total. The van der Waals surface area contributed by atoms with Gasteiger partial charge in [0, 0.05) is 48.2 Å². The summed E-state index contributed by atoms with van der Waals surface area (Å²) in [6.07, 6.45) is 0.360. The molecule has 1 fully saturated rings. The highest BCUT2D eigenvalue weighted by molar-refractivity contribution is 6.62. The summed E-state index contributed by atoms with van der Waals surface area (Å²) in [5.41, 5.74) is -2.65. The number of amides is 2. The molecule has 0 bridgehead atoms. The Morgan fingerprint density at radius 1 is 1.12 bits per heavy atom. The topological polar surface area (TPSA) is 129 Å². The van der Waals surface area contributed by atoms with E-state index in [0.29, 0.717) is 22.4 Å². The van der Waals surface area contributed by atoms with E-state index in [1.807, 2.05) is 27.7 Å². The lowest BCUT2D eigenvalue weighted by molar-refractivity contribution is -0.141. The normalized spacial score (nSPS) is 18.8. The molecule has 3 aromatic heterocycles. The van der Waals surface area contributed by atoms with Gasteiger partial charge in [0.15, 0.2) is 5.69 Å². The highest BCUT2D eigenvalue weighted by atomic mass is 19.4. The summed E-state index contributed by atoms with van der Waals surface area (Å²) in [5, 5.41) is 10.6. The van der Waals surface area contributed by atoms with Gasteiger partial charge in [0.2, 0.25) is 5.91 Å². The first-order valence-corrected chi connectivity index (χ1v) is 16.6. The van der Waals surface area contributed by atoms with Gasteiger partial charge < -0.3 is 19.5 Å². The lowest BCUT2D eigenvalue weighted by atomic mass is 9.72. The highest BCUT2D eigenvalue weighted by Gasteiger charge is 2.53. The third-order valence-corrected chi connectivity index (χ3v) is 9.78. The van der Waals surface area contributed by atoms with Gasteiger partial charge in [-0.05, 0) is 83.6 Å². The first kappa shape index (κ1) is 33.2. The van der Waals surface area contributed by atoms with Gasteiger partial charge in [-0.25, -0.2) is 14.4 Å². The van der Waals surface area contributed by atoms with Crippen molar-refractivity contribution in [3.05, 3.63) is 77.0 Å². The molecule has 0 aliphatic carbocycles. The van der Waals surface area contributed by atoms with E-state index in [2.05, 4.69) is 25.5 Å². The van der Waals surface area contributed by atoms with Crippen LogP contribution >= 0.6 is 0 Å². The third-order valence-electron chi connectivity index (χ3n) is 9.78. The minimum atomic E-state index is -4.77. The Morgan fingerprint density at radius 3 is 2.40 bits per heavy atom. The van der Waals surface area contributed by atoms with Gasteiger partial charge in [0.1, 0.15) is 17.7 Å². The van der Waals surface area contributed by atoms with Crippen molar-refractivity contribution in [2.75, 3.05) is 6.54 Å². The average molecular weight is 728 g/mol. The summed E-state index contributed by atoms with van der Waals surface area (Å²) in [5.74, 6) is -1.92. The SMILES string of the molecule is [2H]C([2H])([2H])n1cc(C[C@H](C(=O)NC(C)(C)Cn2nc(C(F)(F)F)cc2-c2cnc(C)nc2)N2CCc3c(B4OC(C)(C)C(C)(C)O4)ccc(F)c3C2=O)cn1. The molecule has 17 heteroatoms. The summed E-state index contributed by atoms with van der Waals surface area (Å²) < 4.78 is 94.7. The number of nitrogens with one attached hydrogen (secondary N) is 1. The first-order valence-electron chi connectivity index (χ1n) is 18.1. The van der Waals surface area contributed by atoms with Crippen molar-refractivity contribution in [1.29, 1.82) is 0 Å². The predicted octanol–water partition coefficient (Wildman–Crippen LogP) is 4.04. The zero-order valence-corrected chi connectivity index (χ0v) is 29.8. The number of carbonyl (C=O) groups excluding carboxylic acids is 2. The number of aryl methyl sites for hydroxylation is 2. The molecule has 6 rings (SSSR count). The number of rotatable bonds is 9. The summed E-state index contributed by atoms with van der Waals surface area (Å²) >= 11 is 0. The van der Waals surface area contributed by atoms with E-state index < -0.39 is 66.4 Å². The molecule has 2 aliphatic heterocycles. The van der Waals surface area contributed by atoms with Crippen molar-refractivity contribution in [1.82, 2.24) is 39.7 Å². The minimum Gasteiger partial charge on any atom is -0.399 e. The van der Waals surface area contributed by atoms with Crippen LogP contribution in [0.1, 0.15) is 78.7 Å². The second kappa shape index (κ2) is 13.1. The molecule has 1 N–H and O–H groups in total. The zero-order valence-electron chi connectivity index (χ0n) is 32.8. The maximum Gasteiger partial charge on any atom is 0.495 e. The smallest absolute Gasteiger partial charge is 0.399 e. The van der Waals surface area contributed by atoms with Gasteiger partial charge >= 0.3 is 13.3 Å². The molecular weight excluding hydrogens is 683 g/mol. The molecule has 1 aromatic carbocycles. The summed E-state index contributed by atoms with van der Waals surface area (Å²) in [7, 11) is -0.888. The Balaban J connectivity index is 1.33. The molecule has 0 unspecified atom stereocenters. The van der Waals surface area contributed by atoms with Gasteiger partial charge in [0.05, 0.1) is 40.7 Å². The quantitative estimate of drug-likeness (QED) is 0.202. The molecule has 0 saturated carbocycles. The number of alkyl halides is 3. The van der Waals surface area contributed by atoms with E-state index >= 15 is 4.39 Å². The maximum absolute atomic E-state index is 15.7. The fourth-order valence-corrected chi connectivity index (χ4v) is 6.40. The van der Waals surface area contributed by atoms with Crippen molar-refractivity contribution in [3.8, 4) is 11.3 Å². The van der Waals surface area contributed by atoms with Gasteiger partial charge in [0.25, 0.3) is 5.91 Å². The molecule has 1 atom stereocenters. The van der Waals surface area contributed by atoms with Gasteiger partial charge in [-0.3, -0.25) is 19.0 Å². The lowest BCUT2D eigenvalue weighted by Gasteiger charge is -2.37. The highest BCUT2D eigenvalue weighted by Crippen LogP contribution is 2.38. The standard InChI is InChI=1S/C35H41BF4N8O4/c1-20-41-16-22(17-42-20)26-14-28(35(38,39)40)45-48(26)19-32(2,3)44-30(49)27(13-21-15-43-46(8)18-21)47-12-11-23-24(9-10-25(37)29(23)31(47)50)36-51-33(4,5)34(6,7)52-36/h9-10,14-18,27H,11-13,19H2,1-8H3,(H,44,49)/t27-/m1/s1/i8D3. The number of benzene rings is 1.